The second-order valence-corrected chi connectivity index (χ2v) is 6.73. The van der Waals surface area contributed by atoms with Crippen LogP contribution in [-0.2, 0) is 9.63 Å². The molecule has 5 nitrogen and oxygen atoms in total. The van der Waals surface area contributed by atoms with Crippen molar-refractivity contribution >= 4 is 58.1 Å². The van der Waals surface area contributed by atoms with Crippen LogP contribution in [0, 0.1) is 6.92 Å². The molecule has 1 aliphatic carbocycles. The number of hydrogen-bond acceptors (Lipinski definition) is 4. The number of carbonyl (C=O) groups is 2. The number of benzene rings is 1. The lowest BCUT2D eigenvalue weighted by atomic mass is 9.90. The van der Waals surface area contributed by atoms with Crippen LogP contribution < -0.4 is 5.32 Å². The molecule has 1 aromatic carbocycles. The fourth-order valence-electron chi connectivity index (χ4n) is 2.13. The lowest BCUT2D eigenvalue weighted by molar-refractivity contribution is -0.115. The van der Waals surface area contributed by atoms with Gasteiger partial charge in [0.1, 0.15) is 16.5 Å². The molecule has 0 aromatic heterocycles. The minimum Gasteiger partial charge on any atom is -0.297 e. The zero-order valence-electron chi connectivity index (χ0n) is 13.2. The number of oxime groups is 1. The minimum atomic E-state index is -0.952. The number of rotatable bonds is 2. The first-order valence-electron chi connectivity index (χ1n) is 7.04. The van der Waals surface area contributed by atoms with E-state index in [9.17, 15) is 9.59 Å². The molecule has 0 radical (unpaired) electrons. The van der Waals surface area contributed by atoms with Crippen molar-refractivity contribution < 1.29 is 14.4 Å². The first-order chi connectivity index (χ1) is 11.2. The molecule has 2 atom stereocenters. The molecule has 0 saturated carbocycles. The maximum atomic E-state index is 11.9. The molecule has 24 heavy (non-hydrogen) atoms. The Balaban J connectivity index is 2.14. The third-order valence-electron chi connectivity index (χ3n) is 3.67. The molecular weight excluding hydrogens is 375 g/mol. The first kappa shape index (κ1) is 18.8. The van der Waals surface area contributed by atoms with E-state index < -0.39 is 16.8 Å². The molecule has 1 aromatic rings. The van der Waals surface area contributed by atoms with Gasteiger partial charge < -0.3 is 0 Å². The monoisotopic (exact) mass is 388 g/mol. The maximum Gasteiger partial charge on any atom is 0.437 e. The standard InChI is InChI=1S/C16H15Cl3N2O3/c1-7-4-5-11(10(17)6-7)20-16(23)24-21-14-8(2)9(3)15(22)13(19)12(14)18/h4-6,12-13H,1-3H3,(H,20,23). The van der Waals surface area contributed by atoms with Gasteiger partial charge in [-0.25, -0.2) is 4.79 Å². The van der Waals surface area contributed by atoms with Crippen LogP contribution in [0.5, 0.6) is 0 Å². The number of halogens is 3. The van der Waals surface area contributed by atoms with Crippen molar-refractivity contribution in [3.63, 3.8) is 0 Å². The van der Waals surface area contributed by atoms with Crippen molar-refractivity contribution in [3.8, 4) is 0 Å². The molecule has 0 fully saturated rings. The summed E-state index contributed by atoms with van der Waals surface area (Å²) in [5, 5.41) is 4.79. The fraction of sp³-hybridized carbons (Fsp3) is 0.312. The Labute approximate surface area is 154 Å². The van der Waals surface area contributed by atoms with E-state index in [1.807, 2.05) is 6.92 Å². The summed E-state index contributed by atoms with van der Waals surface area (Å²) in [5.41, 5.74) is 2.58. The summed E-state index contributed by atoms with van der Waals surface area (Å²) < 4.78 is 0. The van der Waals surface area contributed by atoms with Crippen molar-refractivity contribution in [2.45, 2.75) is 31.5 Å². The van der Waals surface area contributed by atoms with Gasteiger partial charge in [-0.1, -0.05) is 22.8 Å². The Hall–Kier alpha value is -1.56. The van der Waals surface area contributed by atoms with Crippen LogP contribution in [0.2, 0.25) is 5.02 Å². The van der Waals surface area contributed by atoms with Gasteiger partial charge in [0.15, 0.2) is 5.78 Å². The van der Waals surface area contributed by atoms with Crippen LogP contribution in [0.15, 0.2) is 34.5 Å². The quantitative estimate of drug-likeness (QED) is 0.453. The number of allylic oxidation sites excluding steroid dienone is 2. The van der Waals surface area contributed by atoms with Gasteiger partial charge in [0.25, 0.3) is 0 Å². The number of carbonyl (C=O) groups excluding carboxylic acids is 2. The summed E-state index contributed by atoms with van der Waals surface area (Å²) in [6.45, 7) is 5.17. The summed E-state index contributed by atoms with van der Waals surface area (Å²) >= 11 is 18.1. The highest BCUT2D eigenvalue weighted by molar-refractivity contribution is 6.49. The van der Waals surface area contributed by atoms with Crippen molar-refractivity contribution in [2.24, 2.45) is 5.16 Å². The van der Waals surface area contributed by atoms with Gasteiger partial charge in [-0.3, -0.25) is 14.9 Å². The topological polar surface area (TPSA) is 67.8 Å². The van der Waals surface area contributed by atoms with E-state index in [-0.39, 0.29) is 11.5 Å². The molecule has 2 unspecified atom stereocenters. The van der Waals surface area contributed by atoms with Gasteiger partial charge >= 0.3 is 6.09 Å². The number of hydrogen-bond donors (Lipinski definition) is 1. The molecule has 2 rings (SSSR count). The highest BCUT2D eigenvalue weighted by Gasteiger charge is 2.37. The number of ketones is 1. The van der Waals surface area contributed by atoms with E-state index in [4.69, 9.17) is 39.6 Å². The van der Waals surface area contributed by atoms with Crippen LogP contribution >= 0.6 is 34.8 Å². The number of nitrogens with one attached hydrogen (secondary N) is 1. The molecule has 0 heterocycles. The van der Waals surface area contributed by atoms with Crippen LogP contribution in [0.25, 0.3) is 0 Å². The second-order valence-electron chi connectivity index (χ2n) is 5.38. The highest BCUT2D eigenvalue weighted by Crippen LogP contribution is 2.28. The third kappa shape index (κ3) is 3.91. The third-order valence-corrected chi connectivity index (χ3v) is 5.02. The van der Waals surface area contributed by atoms with Gasteiger partial charge in [-0.15, -0.1) is 23.2 Å². The summed E-state index contributed by atoms with van der Waals surface area (Å²) in [7, 11) is 0. The Morgan fingerprint density at radius 2 is 1.83 bits per heavy atom. The van der Waals surface area contributed by atoms with E-state index in [1.165, 1.54) is 0 Å². The zero-order valence-corrected chi connectivity index (χ0v) is 15.5. The van der Waals surface area contributed by atoms with Crippen molar-refractivity contribution in [1.29, 1.82) is 0 Å². The Kier molecular flexibility index (Phi) is 5.91. The smallest absolute Gasteiger partial charge is 0.297 e. The Bertz CT molecular complexity index is 759. The molecule has 1 N–H and O–H groups in total. The van der Waals surface area contributed by atoms with E-state index >= 15 is 0 Å². The molecule has 0 aliphatic heterocycles. The van der Waals surface area contributed by atoms with Gasteiger partial charge in [-0.2, -0.15) is 0 Å². The fourth-order valence-corrected chi connectivity index (χ4v) is 3.01. The predicted molar refractivity (Wildman–Crippen MR) is 96.4 cm³/mol. The van der Waals surface area contributed by atoms with Crippen molar-refractivity contribution in [1.82, 2.24) is 0 Å². The van der Waals surface area contributed by atoms with E-state index in [0.29, 0.717) is 21.9 Å². The molecule has 128 valence electrons. The molecule has 8 heteroatoms. The van der Waals surface area contributed by atoms with Crippen LogP contribution in [0.3, 0.4) is 0 Å². The lowest BCUT2D eigenvalue weighted by Gasteiger charge is -2.24. The number of alkyl halides is 2. The molecule has 0 bridgehead atoms. The normalized spacial score (nSPS) is 22.8. The van der Waals surface area contributed by atoms with Crippen molar-refractivity contribution in [2.75, 3.05) is 5.32 Å². The second kappa shape index (κ2) is 7.55. The predicted octanol–water partition coefficient (Wildman–Crippen LogP) is 4.69. The Morgan fingerprint density at radius 3 is 2.46 bits per heavy atom. The maximum absolute atomic E-state index is 11.9. The first-order valence-corrected chi connectivity index (χ1v) is 8.29. The summed E-state index contributed by atoms with van der Waals surface area (Å²) in [4.78, 5) is 28.6. The minimum absolute atomic E-state index is 0.249. The summed E-state index contributed by atoms with van der Waals surface area (Å²) in [5.74, 6) is -0.260. The molecule has 1 amide bonds. The van der Waals surface area contributed by atoms with E-state index in [2.05, 4.69) is 10.5 Å². The largest absolute Gasteiger partial charge is 0.437 e. The molecule has 0 saturated heterocycles. The number of aryl methyl sites for hydroxylation is 1. The van der Waals surface area contributed by atoms with Crippen LogP contribution in [0.4, 0.5) is 10.5 Å². The van der Waals surface area contributed by atoms with Crippen LogP contribution in [-0.4, -0.2) is 28.3 Å². The SMILES string of the molecule is CC1=C(C)C(=NOC(=O)Nc2ccc(C)cc2Cl)C(Cl)C(Cl)C1=O. The summed E-state index contributed by atoms with van der Waals surface area (Å²) in [6.07, 6.45) is -0.828. The molecule has 1 aliphatic rings. The van der Waals surface area contributed by atoms with Gasteiger partial charge in [0, 0.05) is 0 Å². The van der Waals surface area contributed by atoms with E-state index in [1.54, 1.807) is 32.0 Å². The zero-order chi connectivity index (χ0) is 18.0. The number of Topliss-reactive ketones (excluding diaryl/α,β-unsaturated/α-hetero) is 1. The molecule has 0 spiro atoms. The number of anilines is 1. The highest BCUT2D eigenvalue weighted by atomic mass is 35.5. The van der Waals surface area contributed by atoms with Crippen LogP contribution in [0.1, 0.15) is 19.4 Å². The lowest BCUT2D eigenvalue weighted by Crippen LogP contribution is -2.38. The average Bonchev–Trinajstić information content (AvgIpc) is 2.53. The molecular formula is C16H15Cl3N2O3. The van der Waals surface area contributed by atoms with Crippen molar-refractivity contribution in [3.05, 3.63) is 39.9 Å². The number of amides is 1. The van der Waals surface area contributed by atoms with E-state index in [0.717, 1.165) is 5.56 Å². The Morgan fingerprint density at radius 1 is 1.17 bits per heavy atom. The van der Waals surface area contributed by atoms with Gasteiger partial charge in [0.05, 0.1) is 10.7 Å². The number of nitrogens with zero attached hydrogens (tertiary/aromatic N) is 1. The van der Waals surface area contributed by atoms with Gasteiger partial charge in [-0.05, 0) is 49.6 Å². The summed E-state index contributed by atoms with van der Waals surface area (Å²) in [6, 6.07) is 5.15. The van der Waals surface area contributed by atoms with Gasteiger partial charge in [0.2, 0.25) is 0 Å². The average molecular weight is 390 g/mol.